The van der Waals surface area contributed by atoms with Crippen LogP contribution in [0.15, 0.2) is 48.5 Å². The van der Waals surface area contributed by atoms with E-state index in [4.69, 9.17) is 25.0 Å². The van der Waals surface area contributed by atoms with Gasteiger partial charge >= 0.3 is 0 Å². The van der Waals surface area contributed by atoms with Crippen LogP contribution in [0.1, 0.15) is 101 Å². The van der Waals surface area contributed by atoms with Gasteiger partial charge in [0, 0.05) is 33.2 Å². The van der Waals surface area contributed by atoms with Crippen molar-refractivity contribution < 1.29 is 28.6 Å². The van der Waals surface area contributed by atoms with Crippen LogP contribution in [0, 0.1) is 25.7 Å². The maximum absolute atomic E-state index is 13.2. The lowest BCUT2D eigenvalue weighted by Gasteiger charge is -2.29. The number of nitrogens with two attached hydrogens (primary N) is 1. The molecule has 4 aromatic rings. The van der Waals surface area contributed by atoms with Gasteiger partial charge in [-0.15, -0.1) is 5.10 Å². The summed E-state index contributed by atoms with van der Waals surface area (Å²) < 4.78 is 19.3. The molecule has 0 bridgehead atoms. The predicted molar refractivity (Wildman–Crippen MR) is 256 cm³/mol. The van der Waals surface area contributed by atoms with Crippen molar-refractivity contribution in [3.05, 3.63) is 71.0 Å². The molecule has 2 saturated carbocycles. The summed E-state index contributed by atoms with van der Waals surface area (Å²) in [5.41, 5.74) is 14.0. The maximum Gasteiger partial charge on any atom is 0.290 e. The number of aryl methyl sites for hydroxylation is 2. The summed E-state index contributed by atoms with van der Waals surface area (Å²) in [4.78, 5) is 36.7. The van der Waals surface area contributed by atoms with E-state index in [1.807, 2.05) is 76.2 Å². The molecule has 341 valence electrons. The summed E-state index contributed by atoms with van der Waals surface area (Å²) in [6.07, 6.45) is 12.9. The van der Waals surface area contributed by atoms with Gasteiger partial charge in [0.25, 0.3) is 7.41 Å². The average Bonchev–Trinajstić information content (AvgIpc) is 3.80. The van der Waals surface area contributed by atoms with E-state index in [9.17, 15) is 14.4 Å². The molecule has 2 atom stereocenters. The van der Waals surface area contributed by atoms with Crippen molar-refractivity contribution in [2.45, 2.75) is 149 Å². The molecule has 0 unspecified atom stereocenters. The van der Waals surface area contributed by atoms with Gasteiger partial charge in [-0.2, -0.15) is 5.10 Å². The van der Waals surface area contributed by atoms with E-state index in [0.29, 0.717) is 56.6 Å². The third kappa shape index (κ3) is 14.6. The summed E-state index contributed by atoms with van der Waals surface area (Å²) >= 11 is 0. The standard InChI is InChI=1S/C28H43BN3O4Si.C21H29N3O2/c1-6-36-28-26(21(2)31-32(28)20-35-16-17-37(3,4)5)23-14-12-22(13-15-23)18-25(34)27(30-29-19-33)24-10-8-7-9-11-24;1-3-26-21-19(14(2)23-24-21)16-11-9-15(10-12-16)13-18(25)20(22)17-7-5-4-6-8-17/h12-15,19,24,27,30H,6-11,16-18,20H2,1-5H3;9-12,17,20H,3-8,13,22H2,1-2H3,(H,23,24)/t27-;20-/m00/s1. The molecule has 4 N–H and O–H groups in total. The number of benzene rings is 2. The van der Waals surface area contributed by atoms with Gasteiger partial charge in [0.2, 0.25) is 11.8 Å². The molecule has 0 aliphatic heterocycles. The van der Waals surface area contributed by atoms with Gasteiger partial charge in [0.1, 0.15) is 6.73 Å². The van der Waals surface area contributed by atoms with Crippen molar-refractivity contribution in [2.75, 3.05) is 19.8 Å². The first kappa shape index (κ1) is 49.6. The maximum atomic E-state index is 13.2. The van der Waals surface area contributed by atoms with Gasteiger partial charge in [0.05, 0.1) is 48.3 Å². The molecule has 0 amide bonds. The van der Waals surface area contributed by atoms with Crippen molar-refractivity contribution in [1.29, 1.82) is 0 Å². The number of hydrogen-bond acceptors (Lipinski definition) is 10. The quantitative estimate of drug-likeness (QED) is 0.0395. The summed E-state index contributed by atoms with van der Waals surface area (Å²) in [6.45, 7) is 17.1. The first-order chi connectivity index (χ1) is 30.3. The number of carbonyl (C=O) groups is 3. The van der Waals surface area contributed by atoms with Gasteiger partial charge < -0.3 is 30.0 Å². The normalized spacial score (nSPS) is 15.8. The number of ketones is 2. The number of nitrogens with zero attached hydrogens (tertiary/aromatic N) is 3. The molecule has 12 nitrogen and oxygen atoms in total. The second-order valence-electron chi connectivity index (χ2n) is 18.5. The number of carbonyl (C=O) groups excluding carboxylic acids is 3. The van der Waals surface area contributed by atoms with E-state index in [1.54, 1.807) is 4.68 Å². The predicted octanol–water partition coefficient (Wildman–Crippen LogP) is 8.83. The zero-order chi connectivity index (χ0) is 45.4. The molecule has 2 aliphatic carbocycles. The molecule has 2 aromatic heterocycles. The Morgan fingerprint density at radius 1 is 0.841 bits per heavy atom. The Morgan fingerprint density at radius 2 is 1.40 bits per heavy atom. The van der Waals surface area contributed by atoms with E-state index >= 15 is 0 Å². The molecule has 2 heterocycles. The monoisotopic (exact) mass is 880 g/mol. The highest BCUT2D eigenvalue weighted by Crippen LogP contribution is 2.35. The second-order valence-corrected chi connectivity index (χ2v) is 24.1. The molecule has 0 spiro atoms. The van der Waals surface area contributed by atoms with Crippen molar-refractivity contribution in [3.8, 4) is 34.0 Å². The summed E-state index contributed by atoms with van der Waals surface area (Å²) in [5, 5.41) is 15.0. The van der Waals surface area contributed by atoms with Crippen LogP contribution in [0.2, 0.25) is 25.7 Å². The van der Waals surface area contributed by atoms with Crippen molar-refractivity contribution in [1.82, 2.24) is 25.2 Å². The smallest absolute Gasteiger partial charge is 0.290 e. The number of nitrogens with one attached hydrogen (secondary N) is 2. The Hall–Kier alpha value is -4.37. The van der Waals surface area contributed by atoms with Crippen LogP contribution in [0.25, 0.3) is 22.3 Å². The van der Waals surface area contributed by atoms with Crippen LogP contribution >= 0.6 is 0 Å². The Morgan fingerprint density at radius 3 is 1.95 bits per heavy atom. The topological polar surface area (TPSA) is 163 Å². The molecule has 2 fully saturated rings. The van der Waals surface area contributed by atoms with Crippen LogP contribution in [0.5, 0.6) is 11.8 Å². The summed E-state index contributed by atoms with van der Waals surface area (Å²) in [7, 11) is 0.211. The minimum atomic E-state index is -1.16. The molecule has 1 radical (unpaired) electrons. The number of hydrogen-bond donors (Lipinski definition) is 3. The lowest BCUT2D eigenvalue weighted by atomic mass is 9.79. The number of rotatable bonds is 22. The number of aromatic nitrogens is 4. The molecule has 6 rings (SSSR count). The van der Waals surface area contributed by atoms with Crippen LogP contribution in [0.4, 0.5) is 0 Å². The number of ether oxygens (including phenoxy) is 3. The van der Waals surface area contributed by atoms with Gasteiger partial charge in [-0.05, 0) is 93.5 Å². The van der Waals surface area contributed by atoms with E-state index in [-0.39, 0.29) is 29.6 Å². The lowest BCUT2D eigenvalue weighted by Crippen LogP contribution is -2.46. The number of H-pyrrole nitrogens is 1. The number of Topliss-reactive ketones (excluding diaryl/α,β-unsaturated/α-hetero) is 2. The lowest BCUT2D eigenvalue weighted by molar-refractivity contribution is -0.122. The first-order valence-corrected chi connectivity index (χ1v) is 27.0. The molecule has 0 saturated heterocycles. The van der Waals surface area contributed by atoms with E-state index in [0.717, 1.165) is 95.9 Å². The van der Waals surface area contributed by atoms with E-state index in [2.05, 4.69) is 35.1 Å². The van der Waals surface area contributed by atoms with Crippen molar-refractivity contribution in [3.63, 3.8) is 0 Å². The fraction of sp³-hybridized carbons (Fsp3) is 0.571. The highest BCUT2D eigenvalue weighted by Gasteiger charge is 2.30. The minimum Gasteiger partial charge on any atom is -0.478 e. The Balaban J connectivity index is 0.000000252. The Labute approximate surface area is 377 Å². The molecule has 63 heavy (non-hydrogen) atoms. The highest BCUT2D eigenvalue weighted by molar-refractivity contribution is 6.76. The minimum absolute atomic E-state index is 0.132. The first-order valence-electron chi connectivity index (χ1n) is 23.3. The van der Waals surface area contributed by atoms with E-state index < -0.39 is 8.07 Å². The zero-order valence-corrected chi connectivity index (χ0v) is 40.0. The van der Waals surface area contributed by atoms with Crippen LogP contribution in [0.3, 0.4) is 0 Å². The molecule has 2 aromatic carbocycles. The molecule has 14 heteroatoms. The second kappa shape index (κ2) is 24.6. The Bertz CT molecular complexity index is 2030. The Kier molecular flexibility index (Phi) is 19.4. The molecular formula is C49H72BN6O6Si. The third-order valence-corrected chi connectivity index (χ3v) is 14.1. The van der Waals surface area contributed by atoms with Gasteiger partial charge in [0.15, 0.2) is 11.6 Å². The fourth-order valence-corrected chi connectivity index (χ4v) is 9.60. The van der Waals surface area contributed by atoms with Crippen molar-refractivity contribution >= 4 is 33.2 Å². The van der Waals surface area contributed by atoms with Crippen molar-refractivity contribution in [2.24, 2.45) is 17.6 Å². The molecule has 2 aliphatic rings. The van der Waals surface area contributed by atoms with Crippen LogP contribution < -0.4 is 20.4 Å². The third-order valence-electron chi connectivity index (χ3n) is 12.4. The number of aromatic amines is 1. The summed E-state index contributed by atoms with van der Waals surface area (Å²) in [6, 6.07) is 16.6. The SMILES string of the molecule is CCOc1c(-c2ccc(CC(=O)[C@@H](N[B]C=O)C3CCCCC3)cc2)c(C)nn1COCC[Si](C)(C)C.CCOc1n[nH]c(C)c1-c1ccc(CC(=O)[C@@H](N)C2CCCCC2)cc1. The van der Waals surface area contributed by atoms with Gasteiger partial charge in [-0.1, -0.05) is 107 Å². The van der Waals surface area contributed by atoms with Gasteiger partial charge in [-0.3, -0.25) is 14.7 Å². The highest BCUT2D eigenvalue weighted by atomic mass is 28.3. The largest absolute Gasteiger partial charge is 0.478 e. The van der Waals surface area contributed by atoms with Crippen LogP contribution in [-0.2, 0) is 38.7 Å². The fourth-order valence-electron chi connectivity index (χ4n) is 8.85. The zero-order valence-electron chi connectivity index (χ0n) is 39.0. The van der Waals surface area contributed by atoms with Gasteiger partial charge in [-0.25, -0.2) is 4.68 Å². The van der Waals surface area contributed by atoms with E-state index in [1.165, 1.54) is 33.1 Å². The molecular weight excluding hydrogens is 807 g/mol. The average molecular weight is 880 g/mol. The summed E-state index contributed by atoms with van der Waals surface area (Å²) in [5.74, 6) is 2.26. The van der Waals surface area contributed by atoms with Crippen LogP contribution in [-0.4, -0.2) is 85.1 Å².